The summed E-state index contributed by atoms with van der Waals surface area (Å²) in [6, 6.07) is 4.53. The number of hydrogen-bond acceptors (Lipinski definition) is 3. The predicted octanol–water partition coefficient (Wildman–Crippen LogP) is 2.43. The summed E-state index contributed by atoms with van der Waals surface area (Å²) in [5.74, 6) is 0. The molecule has 0 spiro atoms. The lowest BCUT2D eigenvalue weighted by molar-refractivity contribution is 0.234. The zero-order valence-electron chi connectivity index (χ0n) is 9.41. The van der Waals surface area contributed by atoms with E-state index in [2.05, 4.69) is 29.8 Å². The standard InChI is InChI=1S/C12H21NOS/c1-2-3-5-11(10-14)13-8-7-12-6-4-9-15-12/h4,6,9,11,13-14H,2-3,5,7-8,10H2,1H3. The van der Waals surface area contributed by atoms with Crippen LogP contribution in [0.1, 0.15) is 31.1 Å². The van der Waals surface area contributed by atoms with Gasteiger partial charge in [0, 0.05) is 17.5 Å². The number of aliphatic hydroxyl groups is 1. The van der Waals surface area contributed by atoms with Crippen LogP contribution in [0.2, 0.25) is 0 Å². The molecule has 0 saturated heterocycles. The zero-order valence-corrected chi connectivity index (χ0v) is 10.2. The first kappa shape index (κ1) is 12.7. The molecule has 0 amide bonds. The molecule has 2 nitrogen and oxygen atoms in total. The molecule has 0 aromatic carbocycles. The Labute approximate surface area is 96.3 Å². The van der Waals surface area contributed by atoms with E-state index >= 15 is 0 Å². The highest BCUT2D eigenvalue weighted by Gasteiger charge is 2.05. The highest BCUT2D eigenvalue weighted by Crippen LogP contribution is 2.08. The summed E-state index contributed by atoms with van der Waals surface area (Å²) >= 11 is 1.80. The third-order valence-electron chi connectivity index (χ3n) is 2.51. The highest BCUT2D eigenvalue weighted by molar-refractivity contribution is 7.09. The van der Waals surface area contributed by atoms with Crippen LogP contribution < -0.4 is 5.32 Å². The minimum atomic E-state index is 0.254. The SMILES string of the molecule is CCCCC(CO)NCCc1cccs1. The van der Waals surface area contributed by atoms with Crippen molar-refractivity contribution in [2.45, 2.75) is 38.6 Å². The van der Waals surface area contributed by atoms with E-state index < -0.39 is 0 Å². The van der Waals surface area contributed by atoms with E-state index in [1.54, 1.807) is 11.3 Å². The molecule has 0 fully saturated rings. The summed E-state index contributed by atoms with van der Waals surface area (Å²) in [5.41, 5.74) is 0. The van der Waals surface area contributed by atoms with Crippen LogP contribution in [-0.4, -0.2) is 24.3 Å². The van der Waals surface area contributed by atoms with Crippen molar-refractivity contribution in [2.75, 3.05) is 13.2 Å². The van der Waals surface area contributed by atoms with Crippen LogP contribution in [0.3, 0.4) is 0 Å². The first-order chi connectivity index (χ1) is 7.36. The molecule has 1 aromatic heterocycles. The molecule has 0 aliphatic heterocycles. The molecule has 1 aromatic rings. The smallest absolute Gasteiger partial charge is 0.0584 e. The molecule has 0 saturated carbocycles. The fourth-order valence-electron chi connectivity index (χ4n) is 1.56. The van der Waals surface area contributed by atoms with Crippen molar-refractivity contribution in [3.8, 4) is 0 Å². The van der Waals surface area contributed by atoms with Gasteiger partial charge in [-0.15, -0.1) is 11.3 Å². The fourth-order valence-corrected chi connectivity index (χ4v) is 2.27. The van der Waals surface area contributed by atoms with Crippen molar-refractivity contribution in [2.24, 2.45) is 0 Å². The van der Waals surface area contributed by atoms with Gasteiger partial charge in [-0.05, 0) is 24.3 Å². The molecule has 3 heteroatoms. The Morgan fingerprint density at radius 1 is 1.53 bits per heavy atom. The lowest BCUT2D eigenvalue weighted by atomic mass is 10.1. The van der Waals surface area contributed by atoms with Gasteiger partial charge in [0.15, 0.2) is 0 Å². The van der Waals surface area contributed by atoms with E-state index in [0.29, 0.717) is 0 Å². The van der Waals surface area contributed by atoms with Crippen LogP contribution in [0.25, 0.3) is 0 Å². The van der Waals surface area contributed by atoms with E-state index in [-0.39, 0.29) is 12.6 Å². The summed E-state index contributed by atoms with van der Waals surface area (Å²) < 4.78 is 0. The Morgan fingerprint density at radius 2 is 2.40 bits per heavy atom. The Kier molecular flexibility index (Phi) is 6.64. The van der Waals surface area contributed by atoms with Crippen molar-refractivity contribution in [1.82, 2.24) is 5.32 Å². The van der Waals surface area contributed by atoms with E-state index in [0.717, 1.165) is 19.4 Å². The maximum Gasteiger partial charge on any atom is 0.0584 e. The number of aliphatic hydroxyl groups excluding tert-OH is 1. The minimum absolute atomic E-state index is 0.254. The van der Waals surface area contributed by atoms with Crippen LogP contribution in [0.15, 0.2) is 17.5 Å². The molecular weight excluding hydrogens is 206 g/mol. The lowest BCUT2D eigenvalue weighted by Gasteiger charge is -2.15. The maximum atomic E-state index is 9.15. The first-order valence-corrected chi connectivity index (χ1v) is 6.61. The highest BCUT2D eigenvalue weighted by atomic mass is 32.1. The van der Waals surface area contributed by atoms with E-state index in [1.165, 1.54) is 17.7 Å². The minimum Gasteiger partial charge on any atom is -0.395 e. The molecule has 0 radical (unpaired) electrons. The Hall–Kier alpha value is -0.380. The molecule has 15 heavy (non-hydrogen) atoms. The normalized spacial score (nSPS) is 12.9. The number of rotatable bonds is 8. The zero-order chi connectivity index (χ0) is 10.9. The molecule has 0 aliphatic rings. The van der Waals surface area contributed by atoms with Gasteiger partial charge in [0.1, 0.15) is 0 Å². The van der Waals surface area contributed by atoms with Gasteiger partial charge in [0.25, 0.3) is 0 Å². The van der Waals surface area contributed by atoms with Crippen molar-refractivity contribution < 1.29 is 5.11 Å². The van der Waals surface area contributed by atoms with Crippen LogP contribution in [0.5, 0.6) is 0 Å². The van der Waals surface area contributed by atoms with Gasteiger partial charge in [-0.1, -0.05) is 25.8 Å². The van der Waals surface area contributed by atoms with Gasteiger partial charge < -0.3 is 10.4 Å². The molecular formula is C12H21NOS. The monoisotopic (exact) mass is 227 g/mol. The Balaban J connectivity index is 2.11. The molecule has 1 atom stereocenters. The molecule has 2 N–H and O–H groups in total. The van der Waals surface area contributed by atoms with Gasteiger partial charge in [0.2, 0.25) is 0 Å². The summed E-state index contributed by atoms with van der Waals surface area (Å²) in [6.45, 7) is 3.40. The second-order valence-corrected chi connectivity index (χ2v) is 4.84. The van der Waals surface area contributed by atoms with Gasteiger partial charge in [-0.2, -0.15) is 0 Å². The Morgan fingerprint density at radius 3 is 3.00 bits per heavy atom. The quantitative estimate of drug-likeness (QED) is 0.715. The maximum absolute atomic E-state index is 9.15. The summed E-state index contributed by atoms with van der Waals surface area (Å²) in [5, 5.41) is 14.7. The third kappa shape index (κ3) is 5.30. The van der Waals surface area contributed by atoms with E-state index in [1.807, 2.05) is 0 Å². The largest absolute Gasteiger partial charge is 0.395 e. The average molecular weight is 227 g/mol. The number of hydrogen-bond donors (Lipinski definition) is 2. The van der Waals surface area contributed by atoms with Crippen molar-refractivity contribution in [1.29, 1.82) is 0 Å². The number of nitrogens with one attached hydrogen (secondary N) is 1. The number of thiophene rings is 1. The van der Waals surface area contributed by atoms with Crippen LogP contribution in [0, 0.1) is 0 Å². The van der Waals surface area contributed by atoms with Crippen LogP contribution in [0.4, 0.5) is 0 Å². The lowest BCUT2D eigenvalue weighted by Crippen LogP contribution is -2.33. The van der Waals surface area contributed by atoms with Gasteiger partial charge in [-0.25, -0.2) is 0 Å². The summed E-state index contributed by atoms with van der Waals surface area (Å²) in [7, 11) is 0. The second kappa shape index (κ2) is 7.85. The first-order valence-electron chi connectivity index (χ1n) is 5.73. The summed E-state index contributed by atoms with van der Waals surface area (Å²) in [6.07, 6.45) is 4.54. The van der Waals surface area contributed by atoms with Crippen molar-refractivity contribution in [3.63, 3.8) is 0 Å². The molecule has 0 bridgehead atoms. The van der Waals surface area contributed by atoms with Gasteiger partial charge in [-0.3, -0.25) is 0 Å². The summed E-state index contributed by atoms with van der Waals surface area (Å²) in [4.78, 5) is 1.41. The Bertz CT molecular complexity index is 236. The van der Waals surface area contributed by atoms with Crippen LogP contribution in [-0.2, 0) is 6.42 Å². The molecule has 1 rings (SSSR count). The predicted molar refractivity (Wildman–Crippen MR) is 66.4 cm³/mol. The van der Waals surface area contributed by atoms with Gasteiger partial charge in [0.05, 0.1) is 6.61 Å². The van der Waals surface area contributed by atoms with Crippen molar-refractivity contribution in [3.05, 3.63) is 22.4 Å². The molecule has 1 heterocycles. The molecule has 86 valence electrons. The topological polar surface area (TPSA) is 32.3 Å². The van der Waals surface area contributed by atoms with Crippen LogP contribution >= 0.6 is 11.3 Å². The second-order valence-electron chi connectivity index (χ2n) is 3.81. The fraction of sp³-hybridized carbons (Fsp3) is 0.667. The number of unbranched alkanes of at least 4 members (excludes halogenated alkanes) is 1. The van der Waals surface area contributed by atoms with E-state index in [9.17, 15) is 0 Å². The third-order valence-corrected chi connectivity index (χ3v) is 3.45. The molecule has 0 aliphatic carbocycles. The van der Waals surface area contributed by atoms with Gasteiger partial charge >= 0.3 is 0 Å². The average Bonchev–Trinajstić information content (AvgIpc) is 2.76. The molecule has 1 unspecified atom stereocenters. The van der Waals surface area contributed by atoms with E-state index in [4.69, 9.17) is 5.11 Å². The van der Waals surface area contributed by atoms with Crippen molar-refractivity contribution >= 4 is 11.3 Å².